The zero-order valence-electron chi connectivity index (χ0n) is 10.2. The molecular weight excluding hydrogens is 236 g/mol. The molecule has 0 amide bonds. The van der Waals surface area contributed by atoms with Crippen molar-refractivity contribution >= 4 is 10.8 Å². The van der Waals surface area contributed by atoms with Crippen molar-refractivity contribution in [3.05, 3.63) is 30.3 Å². The smallest absolute Gasteiger partial charge is 0.119 e. The van der Waals surface area contributed by atoms with Gasteiger partial charge in [-0.2, -0.15) is 0 Å². The van der Waals surface area contributed by atoms with Gasteiger partial charge in [-0.25, -0.2) is 0 Å². The van der Waals surface area contributed by atoms with Crippen molar-refractivity contribution in [2.75, 3.05) is 19.0 Å². The summed E-state index contributed by atoms with van der Waals surface area (Å²) < 4.78 is 17.3. The van der Waals surface area contributed by atoms with Crippen LogP contribution in [0, 0.1) is 0 Å². The molecule has 0 radical (unpaired) electrons. The van der Waals surface area contributed by atoms with Gasteiger partial charge in [0.05, 0.1) is 11.9 Å². The van der Waals surface area contributed by atoms with Gasteiger partial charge in [-0.15, -0.1) is 0 Å². The van der Waals surface area contributed by atoms with Gasteiger partial charge in [0.25, 0.3) is 0 Å². The number of hydrogen-bond donors (Lipinski definition) is 1. The summed E-state index contributed by atoms with van der Waals surface area (Å²) in [6.07, 6.45) is 1.94. The second-order valence-electron chi connectivity index (χ2n) is 3.87. The molecule has 1 N–H and O–H groups in total. The van der Waals surface area contributed by atoms with Crippen molar-refractivity contribution in [2.24, 2.45) is 0 Å². The molecule has 2 atom stereocenters. The molecule has 0 saturated carbocycles. The van der Waals surface area contributed by atoms with E-state index in [1.54, 1.807) is 0 Å². The molecule has 0 saturated heterocycles. The average molecular weight is 256 g/mol. The van der Waals surface area contributed by atoms with Crippen LogP contribution in [0.25, 0.3) is 0 Å². The summed E-state index contributed by atoms with van der Waals surface area (Å²) in [5.74, 6) is 1.39. The Kier molecular flexibility index (Phi) is 6.89. The Balaban J connectivity index is 2.39. The Morgan fingerprint density at radius 3 is 2.65 bits per heavy atom. The lowest BCUT2D eigenvalue weighted by molar-refractivity contribution is 0.238. The van der Waals surface area contributed by atoms with E-state index in [4.69, 9.17) is 4.74 Å². The normalized spacial score (nSPS) is 14.2. The molecule has 17 heavy (non-hydrogen) atoms. The maximum atomic E-state index is 11.8. The number of aliphatic hydroxyl groups is 1. The molecular formula is C13H20O3S. The first-order chi connectivity index (χ1) is 8.27. The summed E-state index contributed by atoms with van der Waals surface area (Å²) in [4.78, 5) is 0. The maximum Gasteiger partial charge on any atom is 0.119 e. The largest absolute Gasteiger partial charge is 0.492 e. The first-order valence-electron chi connectivity index (χ1n) is 5.93. The average Bonchev–Trinajstić information content (AvgIpc) is 2.38. The third-order valence-electron chi connectivity index (χ3n) is 2.45. The minimum absolute atomic E-state index is 0.0941. The summed E-state index contributed by atoms with van der Waals surface area (Å²) >= 11 is 0. The van der Waals surface area contributed by atoms with Crippen molar-refractivity contribution in [2.45, 2.75) is 25.0 Å². The number of para-hydroxylation sites is 1. The van der Waals surface area contributed by atoms with Crippen molar-refractivity contribution in [3.8, 4) is 5.75 Å². The molecule has 0 heterocycles. The Bertz CT molecular complexity index is 327. The van der Waals surface area contributed by atoms with E-state index in [1.165, 1.54) is 0 Å². The molecule has 1 aromatic rings. The zero-order valence-corrected chi connectivity index (χ0v) is 11.0. The van der Waals surface area contributed by atoms with E-state index in [0.717, 1.165) is 18.6 Å². The number of hydrogen-bond acceptors (Lipinski definition) is 3. The fourth-order valence-corrected chi connectivity index (χ4v) is 2.66. The first kappa shape index (κ1) is 14.2. The molecule has 1 aromatic carbocycles. The van der Waals surface area contributed by atoms with Gasteiger partial charge in [0.15, 0.2) is 0 Å². The molecule has 0 spiro atoms. The van der Waals surface area contributed by atoms with Crippen molar-refractivity contribution in [1.82, 2.24) is 0 Å². The SMILES string of the molecule is CCCCS(=O)C(CO)COc1ccccc1. The quantitative estimate of drug-likeness (QED) is 0.773. The third kappa shape index (κ3) is 5.33. The lowest BCUT2D eigenvalue weighted by Crippen LogP contribution is -2.28. The van der Waals surface area contributed by atoms with Gasteiger partial charge in [-0.1, -0.05) is 31.5 Å². The monoisotopic (exact) mass is 256 g/mol. The molecule has 96 valence electrons. The Labute approximate surface area is 105 Å². The molecule has 0 aliphatic heterocycles. The first-order valence-corrected chi connectivity index (χ1v) is 7.32. The summed E-state index contributed by atoms with van der Waals surface area (Å²) in [6.45, 7) is 2.27. The highest BCUT2D eigenvalue weighted by Crippen LogP contribution is 2.10. The van der Waals surface area contributed by atoms with E-state index in [-0.39, 0.29) is 11.9 Å². The predicted molar refractivity (Wildman–Crippen MR) is 70.7 cm³/mol. The fraction of sp³-hybridized carbons (Fsp3) is 0.538. The van der Waals surface area contributed by atoms with Crippen LogP contribution in [0.1, 0.15) is 19.8 Å². The highest BCUT2D eigenvalue weighted by Gasteiger charge is 2.16. The highest BCUT2D eigenvalue weighted by atomic mass is 32.2. The lowest BCUT2D eigenvalue weighted by atomic mass is 10.3. The molecule has 0 aromatic heterocycles. The summed E-state index contributed by atoms with van der Waals surface area (Å²) in [6, 6.07) is 9.39. The topological polar surface area (TPSA) is 46.5 Å². The van der Waals surface area contributed by atoms with Gasteiger partial charge in [0, 0.05) is 16.6 Å². The molecule has 0 fully saturated rings. The van der Waals surface area contributed by atoms with E-state index in [1.807, 2.05) is 30.3 Å². The Morgan fingerprint density at radius 1 is 1.35 bits per heavy atom. The molecule has 4 heteroatoms. The maximum absolute atomic E-state index is 11.8. The van der Waals surface area contributed by atoms with Crippen molar-refractivity contribution in [3.63, 3.8) is 0 Å². The van der Waals surface area contributed by atoms with Crippen LogP contribution in [0.15, 0.2) is 30.3 Å². The van der Waals surface area contributed by atoms with Gasteiger partial charge in [-0.05, 0) is 18.6 Å². The summed E-state index contributed by atoms with van der Waals surface area (Å²) in [7, 11) is -1.01. The second-order valence-corrected chi connectivity index (χ2v) is 5.70. The van der Waals surface area contributed by atoms with Crippen LogP contribution < -0.4 is 4.74 Å². The van der Waals surface area contributed by atoms with Gasteiger partial charge in [0.2, 0.25) is 0 Å². The second kappa shape index (κ2) is 8.25. The van der Waals surface area contributed by atoms with E-state index in [2.05, 4.69) is 6.92 Å². The van der Waals surface area contributed by atoms with Crippen LogP contribution in [0.3, 0.4) is 0 Å². The third-order valence-corrected chi connectivity index (χ3v) is 4.17. The van der Waals surface area contributed by atoms with Crippen LogP contribution >= 0.6 is 0 Å². The van der Waals surface area contributed by atoms with E-state index < -0.39 is 10.8 Å². The van der Waals surface area contributed by atoms with Gasteiger partial charge < -0.3 is 9.84 Å². The van der Waals surface area contributed by atoms with E-state index >= 15 is 0 Å². The Hall–Kier alpha value is -0.870. The lowest BCUT2D eigenvalue weighted by Gasteiger charge is -2.14. The molecule has 3 nitrogen and oxygen atoms in total. The van der Waals surface area contributed by atoms with Crippen LogP contribution in [0.4, 0.5) is 0 Å². The van der Waals surface area contributed by atoms with E-state index in [9.17, 15) is 9.32 Å². The minimum atomic E-state index is -1.01. The van der Waals surface area contributed by atoms with Gasteiger partial charge in [-0.3, -0.25) is 4.21 Å². The van der Waals surface area contributed by atoms with Gasteiger partial charge >= 0.3 is 0 Å². The number of ether oxygens (including phenoxy) is 1. The number of rotatable bonds is 8. The minimum Gasteiger partial charge on any atom is -0.492 e. The van der Waals surface area contributed by atoms with Crippen molar-refractivity contribution in [1.29, 1.82) is 0 Å². The van der Waals surface area contributed by atoms with Crippen LogP contribution in [0.2, 0.25) is 0 Å². The van der Waals surface area contributed by atoms with Crippen molar-refractivity contribution < 1.29 is 14.1 Å². The van der Waals surface area contributed by atoms with Crippen LogP contribution in [-0.2, 0) is 10.8 Å². The Morgan fingerprint density at radius 2 is 2.06 bits per heavy atom. The standard InChI is InChI=1S/C13H20O3S/c1-2-3-9-17(15)13(10-14)11-16-12-7-5-4-6-8-12/h4-8,13-14H,2-3,9-11H2,1H3. The van der Waals surface area contributed by atoms with Crippen LogP contribution in [0.5, 0.6) is 5.75 Å². The zero-order chi connectivity index (χ0) is 12.5. The summed E-state index contributed by atoms with van der Waals surface area (Å²) in [5, 5.41) is 8.91. The predicted octanol–water partition coefficient (Wildman–Crippen LogP) is 1.98. The number of benzene rings is 1. The molecule has 2 unspecified atom stereocenters. The molecule has 0 aliphatic rings. The number of unbranched alkanes of at least 4 members (excludes halogenated alkanes) is 1. The summed E-state index contributed by atoms with van der Waals surface area (Å²) in [5.41, 5.74) is 0. The van der Waals surface area contributed by atoms with Crippen LogP contribution in [-0.4, -0.2) is 33.5 Å². The molecule has 1 rings (SSSR count). The molecule has 0 bridgehead atoms. The van der Waals surface area contributed by atoms with E-state index in [0.29, 0.717) is 12.4 Å². The number of aliphatic hydroxyl groups excluding tert-OH is 1. The fourth-order valence-electron chi connectivity index (χ4n) is 1.37. The highest BCUT2D eigenvalue weighted by molar-refractivity contribution is 7.85. The molecule has 0 aliphatic carbocycles. The van der Waals surface area contributed by atoms with Gasteiger partial charge in [0.1, 0.15) is 12.4 Å².